The van der Waals surface area contributed by atoms with Gasteiger partial charge in [-0.15, -0.1) is 0 Å². The van der Waals surface area contributed by atoms with Crippen LogP contribution in [0, 0.1) is 11.6 Å². The summed E-state index contributed by atoms with van der Waals surface area (Å²) in [4.78, 5) is 15.9. The number of hydrogen-bond donors (Lipinski definition) is 0. The highest BCUT2D eigenvalue weighted by molar-refractivity contribution is 5.97. The van der Waals surface area contributed by atoms with Crippen LogP contribution < -0.4 is 9.64 Å². The number of amides is 1. The first kappa shape index (κ1) is 16.2. The van der Waals surface area contributed by atoms with Gasteiger partial charge < -0.3 is 14.5 Å². The summed E-state index contributed by atoms with van der Waals surface area (Å²) in [6.07, 6.45) is 0. The molecular weight excluding hydrogens is 314 g/mol. The van der Waals surface area contributed by atoms with Crippen molar-refractivity contribution in [1.82, 2.24) is 4.90 Å². The van der Waals surface area contributed by atoms with E-state index in [2.05, 4.69) is 0 Å². The van der Waals surface area contributed by atoms with Crippen molar-refractivity contribution in [1.29, 1.82) is 0 Å². The fraction of sp³-hybridized carbons (Fsp3) is 0.278. The Morgan fingerprint density at radius 3 is 2.21 bits per heavy atom. The number of carbonyl (C=O) groups is 1. The highest BCUT2D eigenvalue weighted by atomic mass is 19.1. The molecule has 0 bridgehead atoms. The minimum atomic E-state index is -0.584. The number of rotatable bonds is 3. The number of carbonyl (C=O) groups excluding carboxylic acids is 1. The molecule has 0 saturated carbocycles. The summed E-state index contributed by atoms with van der Waals surface area (Å²) in [5.74, 6) is -0.787. The van der Waals surface area contributed by atoms with Crippen LogP contribution in [0.2, 0.25) is 0 Å². The Kier molecular flexibility index (Phi) is 4.64. The van der Waals surface area contributed by atoms with E-state index in [-0.39, 0.29) is 11.6 Å². The zero-order chi connectivity index (χ0) is 17.1. The number of nitrogens with zero attached hydrogens (tertiary/aromatic N) is 2. The normalized spacial score (nSPS) is 14.6. The Bertz CT molecular complexity index is 723. The number of ether oxygens (including phenoxy) is 1. The molecule has 1 saturated heterocycles. The summed E-state index contributed by atoms with van der Waals surface area (Å²) >= 11 is 0. The Morgan fingerprint density at radius 1 is 0.958 bits per heavy atom. The summed E-state index contributed by atoms with van der Waals surface area (Å²) < 4.78 is 33.0. The highest BCUT2D eigenvalue weighted by Gasteiger charge is 2.26. The lowest BCUT2D eigenvalue weighted by molar-refractivity contribution is 0.0743. The standard InChI is InChI=1S/C18H18F2N2O2/c1-24-16-8-3-2-5-13(16)18(23)22-11-9-21(10-12-22)17-14(19)6-4-7-15(17)20/h2-8H,9-12H2,1H3. The fourth-order valence-electron chi connectivity index (χ4n) is 2.92. The number of piperazine rings is 1. The molecule has 6 heteroatoms. The van der Waals surface area contributed by atoms with Gasteiger partial charge in [0.25, 0.3) is 5.91 Å². The molecule has 0 atom stereocenters. The van der Waals surface area contributed by atoms with E-state index in [1.807, 2.05) is 0 Å². The van der Waals surface area contributed by atoms with Crippen LogP contribution in [0.3, 0.4) is 0 Å². The third-order valence-electron chi connectivity index (χ3n) is 4.16. The second-order valence-electron chi connectivity index (χ2n) is 5.55. The third kappa shape index (κ3) is 3.04. The van der Waals surface area contributed by atoms with Crippen LogP contribution >= 0.6 is 0 Å². The lowest BCUT2D eigenvalue weighted by Gasteiger charge is -2.36. The second-order valence-corrected chi connectivity index (χ2v) is 5.55. The third-order valence-corrected chi connectivity index (χ3v) is 4.16. The van der Waals surface area contributed by atoms with Crippen LogP contribution in [0.4, 0.5) is 14.5 Å². The monoisotopic (exact) mass is 332 g/mol. The number of methoxy groups -OCH3 is 1. The second kappa shape index (κ2) is 6.86. The van der Waals surface area contributed by atoms with Crippen LogP contribution in [0.15, 0.2) is 42.5 Å². The highest BCUT2D eigenvalue weighted by Crippen LogP contribution is 2.25. The van der Waals surface area contributed by atoms with Crippen molar-refractivity contribution >= 4 is 11.6 Å². The van der Waals surface area contributed by atoms with Crippen molar-refractivity contribution in [2.45, 2.75) is 0 Å². The fourth-order valence-corrected chi connectivity index (χ4v) is 2.92. The Morgan fingerprint density at radius 2 is 1.58 bits per heavy atom. The number of hydrogen-bond acceptors (Lipinski definition) is 3. The van der Waals surface area contributed by atoms with Crippen molar-refractivity contribution < 1.29 is 18.3 Å². The molecule has 0 radical (unpaired) electrons. The molecule has 24 heavy (non-hydrogen) atoms. The smallest absolute Gasteiger partial charge is 0.257 e. The Balaban J connectivity index is 1.72. The largest absolute Gasteiger partial charge is 0.496 e. The first-order chi connectivity index (χ1) is 11.6. The topological polar surface area (TPSA) is 32.8 Å². The van der Waals surface area contributed by atoms with Crippen molar-refractivity contribution in [3.63, 3.8) is 0 Å². The Labute approximate surface area is 139 Å². The summed E-state index contributed by atoms with van der Waals surface area (Å²) in [6.45, 7) is 1.53. The zero-order valence-corrected chi connectivity index (χ0v) is 13.3. The molecule has 126 valence electrons. The summed E-state index contributed by atoms with van der Waals surface area (Å²) in [6, 6.07) is 10.8. The van der Waals surface area contributed by atoms with E-state index in [0.29, 0.717) is 37.5 Å². The van der Waals surface area contributed by atoms with E-state index in [1.54, 1.807) is 34.1 Å². The van der Waals surface area contributed by atoms with Gasteiger partial charge in [-0.25, -0.2) is 8.78 Å². The molecule has 3 rings (SSSR count). The van der Waals surface area contributed by atoms with Gasteiger partial charge in [0, 0.05) is 26.2 Å². The number of anilines is 1. The average Bonchev–Trinajstić information content (AvgIpc) is 2.61. The maximum absolute atomic E-state index is 13.9. The van der Waals surface area contributed by atoms with E-state index in [0.717, 1.165) is 0 Å². The zero-order valence-electron chi connectivity index (χ0n) is 13.3. The van der Waals surface area contributed by atoms with Gasteiger partial charge in [0.1, 0.15) is 23.1 Å². The van der Waals surface area contributed by atoms with Crippen molar-refractivity contribution in [3.8, 4) is 5.75 Å². The molecule has 0 spiro atoms. The molecule has 4 nitrogen and oxygen atoms in total. The van der Waals surface area contributed by atoms with Gasteiger partial charge in [0.2, 0.25) is 0 Å². The van der Waals surface area contributed by atoms with E-state index in [1.165, 1.54) is 25.3 Å². The molecule has 1 amide bonds. The first-order valence-corrected chi connectivity index (χ1v) is 7.73. The minimum absolute atomic E-state index is 0.0260. The SMILES string of the molecule is COc1ccccc1C(=O)N1CCN(c2c(F)cccc2F)CC1. The molecule has 0 N–H and O–H groups in total. The molecule has 0 aliphatic carbocycles. The van der Waals surface area contributed by atoms with Gasteiger partial charge in [-0.3, -0.25) is 4.79 Å². The summed E-state index contributed by atoms with van der Waals surface area (Å²) in [5, 5.41) is 0. The van der Waals surface area contributed by atoms with Crippen LogP contribution in [0.25, 0.3) is 0 Å². The predicted octanol–water partition coefficient (Wildman–Crippen LogP) is 2.94. The van der Waals surface area contributed by atoms with Gasteiger partial charge in [0.15, 0.2) is 0 Å². The van der Waals surface area contributed by atoms with E-state index in [4.69, 9.17) is 4.74 Å². The maximum atomic E-state index is 13.9. The van der Waals surface area contributed by atoms with Gasteiger partial charge in [-0.1, -0.05) is 18.2 Å². The lowest BCUT2D eigenvalue weighted by Crippen LogP contribution is -2.49. The average molecular weight is 332 g/mol. The molecule has 2 aromatic carbocycles. The maximum Gasteiger partial charge on any atom is 0.257 e. The molecule has 0 aromatic heterocycles. The van der Waals surface area contributed by atoms with Crippen LogP contribution in [0.5, 0.6) is 5.75 Å². The van der Waals surface area contributed by atoms with Crippen LogP contribution in [-0.2, 0) is 0 Å². The summed E-state index contributed by atoms with van der Waals surface area (Å²) in [5.41, 5.74) is 0.465. The van der Waals surface area contributed by atoms with Crippen molar-refractivity contribution in [2.75, 3.05) is 38.2 Å². The molecule has 2 aromatic rings. The predicted molar refractivity (Wildman–Crippen MR) is 87.5 cm³/mol. The van der Waals surface area contributed by atoms with Gasteiger partial charge in [0.05, 0.1) is 12.7 Å². The van der Waals surface area contributed by atoms with E-state index >= 15 is 0 Å². The van der Waals surface area contributed by atoms with Gasteiger partial charge >= 0.3 is 0 Å². The number of benzene rings is 2. The molecule has 1 aliphatic rings. The van der Waals surface area contributed by atoms with Crippen LogP contribution in [0.1, 0.15) is 10.4 Å². The molecular formula is C18H18F2N2O2. The van der Waals surface area contributed by atoms with Gasteiger partial charge in [-0.05, 0) is 24.3 Å². The molecule has 1 fully saturated rings. The minimum Gasteiger partial charge on any atom is -0.496 e. The van der Waals surface area contributed by atoms with E-state index in [9.17, 15) is 13.6 Å². The van der Waals surface area contributed by atoms with Crippen LogP contribution in [-0.4, -0.2) is 44.1 Å². The lowest BCUT2D eigenvalue weighted by atomic mass is 10.1. The first-order valence-electron chi connectivity index (χ1n) is 7.73. The molecule has 0 unspecified atom stereocenters. The molecule has 1 aliphatic heterocycles. The Hall–Kier alpha value is -2.63. The summed E-state index contributed by atoms with van der Waals surface area (Å²) in [7, 11) is 1.52. The quantitative estimate of drug-likeness (QED) is 0.866. The molecule has 1 heterocycles. The van der Waals surface area contributed by atoms with Crippen molar-refractivity contribution in [3.05, 3.63) is 59.7 Å². The van der Waals surface area contributed by atoms with Gasteiger partial charge in [-0.2, -0.15) is 0 Å². The number of para-hydroxylation sites is 2. The van der Waals surface area contributed by atoms with E-state index < -0.39 is 11.6 Å². The van der Waals surface area contributed by atoms with Crippen molar-refractivity contribution in [2.24, 2.45) is 0 Å². The number of halogens is 2.